The second kappa shape index (κ2) is 5.73. The summed E-state index contributed by atoms with van der Waals surface area (Å²) in [5.74, 6) is 0.861. The lowest BCUT2D eigenvalue weighted by atomic mass is 9.63. The van der Waals surface area contributed by atoms with Crippen molar-refractivity contribution < 1.29 is 0 Å². The van der Waals surface area contributed by atoms with E-state index >= 15 is 0 Å². The fourth-order valence-corrected chi connectivity index (χ4v) is 2.74. The van der Waals surface area contributed by atoms with Gasteiger partial charge in [0.2, 0.25) is 0 Å². The van der Waals surface area contributed by atoms with E-state index in [1.54, 1.807) is 0 Å². The number of rotatable bonds is 4. The lowest BCUT2D eigenvalue weighted by molar-refractivity contribution is 0.0217. The Morgan fingerprint density at radius 2 is 1.65 bits per heavy atom. The Kier molecular flexibility index (Phi) is 5.07. The maximum atomic E-state index is 2.68. The van der Waals surface area contributed by atoms with Crippen LogP contribution in [-0.2, 0) is 0 Å². The average molecular weight is 239 g/mol. The molecule has 0 amide bonds. The Labute approximate surface area is 109 Å². The lowest BCUT2D eigenvalue weighted by Crippen LogP contribution is -2.45. The highest BCUT2D eigenvalue weighted by Crippen LogP contribution is 2.46. The molecule has 0 saturated carbocycles. The molecule has 1 aliphatic rings. The van der Waals surface area contributed by atoms with Gasteiger partial charge < -0.3 is 4.90 Å². The van der Waals surface area contributed by atoms with Gasteiger partial charge in [-0.2, -0.15) is 0 Å². The van der Waals surface area contributed by atoms with Gasteiger partial charge in [-0.1, -0.05) is 41.5 Å². The first-order chi connectivity index (χ1) is 7.74. The molecule has 1 fully saturated rings. The zero-order valence-electron chi connectivity index (χ0n) is 13.0. The molecule has 1 heterocycles. The summed E-state index contributed by atoms with van der Waals surface area (Å²) >= 11 is 0. The van der Waals surface area contributed by atoms with Crippen LogP contribution in [0.1, 0.15) is 67.2 Å². The lowest BCUT2D eigenvalue weighted by Gasteiger charge is -2.48. The van der Waals surface area contributed by atoms with Crippen molar-refractivity contribution in [1.29, 1.82) is 0 Å². The number of nitrogens with zero attached hydrogens (tertiary/aromatic N) is 1. The molecule has 0 N–H and O–H groups in total. The summed E-state index contributed by atoms with van der Waals surface area (Å²) in [7, 11) is 0. The molecule has 102 valence electrons. The molecule has 1 rings (SSSR count). The van der Waals surface area contributed by atoms with E-state index in [1.807, 2.05) is 0 Å². The molecule has 0 aromatic rings. The van der Waals surface area contributed by atoms with Gasteiger partial charge in [0.15, 0.2) is 0 Å². The number of likely N-dealkylation sites (tertiary alicyclic amines) is 1. The third kappa shape index (κ3) is 4.28. The van der Waals surface area contributed by atoms with E-state index in [2.05, 4.69) is 46.4 Å². The zero-order chi connectivity index (χ0) is 13.1. The van der Waals surface area contributed by atoms with E-state index in [9.17, 15) is 0 Å². The van der Waals surface area contributed by atoms with Gasteiger partial charge in [0.1, 0.15) is 0 Å². The third-order valence-electron chi connectivity index (χ3n) is 5.03. The fraction of sp³-hybridized carbons (Fsp3) is 1.00. The Morgan fingerprint density at radius 3 is 2.06 bits per heavy atom. The fourth-order valence-electron chi connectivity index (χ4n) is 2.74. The van der Waals surface area contributed by atoms with Crippen LogP contribution in [0.3, 0.4) is 0 Å². The quantitative estimate of drug-likeness (QED) is 0.694. The van der Waals surface area contributed by atoms with Crippen LogP contribution in [0.2, 0.25) is 0 Å². The summed E-state index contributed by atoms with van der Waals surface area (Å²) in [6.45, 7) is 18.3. The smallest absolute Gasteiger partial charge is 0.00133 e. The first-order valence-electron chi connectivity index (χ1n) is 7.47. The highest BCUT2D eigenvalue weighted by atomic mass is 15.1. The predicted octanol–water partition coefficient (Wildman–Crippen LogP) is 4.57. The number of piperidine rings is 1. The monoisotopic (exact) mass is 239 g/mol. The molecule has 0 unspecified atom stereocenters. The van der Waals surface area contributed by atoms with Gasteiger partial charge in [-0.05, 0) is 62.1 Å². The predicted molar refractivity (Wildman–Crippen MR) is 77.3 cm³/mol. The maximum absolute atomic E-state index is 2.68. The van der Waals surface area contributed by atoms with Gasteiger partial charge in [0.05, 0.1) is 0 Å². The van der Waals surface area contributed by atoms with Gasteiger partial charge in [-0.15, -0.1) is 0 Å². The average Bonchev–Trinajstić information content (AvgIpc) is 2.19. The van der Waals surface area contributed by atoms with E-state index in [0.29, 0.717) is 10.8 Å². The van der Waals surface area contributed by atoms with Gasteiger partial charge >= 0.3 is 0 Å². The molecule has 1 heteroatoms. The summed E-state index contributed by atoms with van der Waals surface area (Å²) in [5, 5.41) is 0. The second-order valence-electron chi connectivity index (χ2n) is 7.69. The minimum Gasteiger partial charge on any atom is -0.303 e. The summed E-state index contributed by atoms with van der Waals surface area (Å²) < 4.78 is 0. The molecule has 0 aromatic heterocycles. The molecule has 0 aromatic carbocycles. The standard InChI is InChI=1S/C16H33N/c1-14(2)8-7-11-17-12-9-16(6,10-13-17)15(3,4)5/h14H,7-13H2,1-6H3. The minimum absolute atomic E-state index is 0.455. The molecule has 0 spiro atoms. The van der Waals surface area contributed by atoms with Crippen LogP contribution < -0.4 is 0 Å². The van der Waals surface area contributed by atoms with E-state index < -0.39 is 0 Å². The largest absolute Gasteiger partial charge is 0.303 e. The molecule has 1 saturated heterocycles. The summed E-state index contributed by atoms with van der Waals surface area (Å²) in [6.07, 6.45) is 5.51. The van der Waals surface area contributed by atoms with Crippen molar-refractivity contribution in [2.75, 3.05) is 19.6 Å². The van der Waals surface area contributed by atoms with Crippen molar-refractivity contribution in [3.05, 3.63) is 0 Å². The highest BCUT2D eigenvalue weighted by molar-refractivity contribution is 4.91. The molecule has 0 atom stereocenters. The molecule has 1 nitrogen and oxygen atoms in total. The number of hydrogen-bond donors (Lipinski definition) is 0. The Morgan fingerprint density at radius 1 is 1.12 bits per heavy atom. The van der Waals surface area contributed by atoms with Crippen LogP contribution in [0.5, 0.6) is 0 Å². The molecule has 0 bridgehead atoms. The normalized spacial score (nSPS) is 22.1. The van der Waals surface area contributed by atoms with Crippen molar-refractivity contribution in [1.82, 2.24) is 4.90 Å². The Balaban J connectivity index is 2.31. The van der Waals surface area contributed by atoms with Gasteiger partial charge in [-0.3, -0.25) is 0 Å². The van der Waals surface area contributed by atoms with Crippen molar-refractivity contribution >= 4 is 0 Å². The van der Waals surface area contributed by atoms with Crippen LogP contribution in [0.15, 0.2) is 0 Å². The molecule has 0 aliphatic carbocycles. The van der Waals surface area contributed by atoms with E-state index in [0.717, 1.165) is 5.92 Å². The van der Waals surface area contributed by atoms with Gasteiger partial charge in [-0.25, -0.2) is 0 Å². The highest BCUT2D eigenvalue weighted by Gasteiger charge is 2.39. The van der Waals surface area contributed by atoms with E-state index in [-0.39, 0.29) is 0 Å². The molecule has 0 radical (unpaired) electrons. The topological polar surface area (TPSA) is 3.24 Å². The van der Waals surface area contributed by atoms with Gasteiger partial charge in [0, 0.05) is 0 Å². The maximum Gasteiger partial charge on any atom is -0.00133 e. The van der Waals surface area contributed by atoms with Crippen molar-refractivity contribution in [2.45, 2.75) is 67.2 Å². The van der Waals surface area contributed by atoms with Crippen LogP contribution in [-0.4, -0.2) is 24.5 Å². The van der Waals surface area contributed by atoms with Crippen LogP contribution in [0.4, 0.5) is 0 Å². The van der Waals surface area contributed by atoms with Crippen molar-refractivity contribution in [3.63, 3.8) is 0 Å². The van der Waals surface area contributed by atoms with E-state index in [1.165, 1.54) is 45.3 Å². The summed E-state index contributed by atoms with van der Waals surface area (Å²) in [4.78, 5) is 2.68. The Bertz CT molecular complexity index is 216. The molecular weight excluding hydrogens is 206 g/mol. The number of hydrogen-bond acceptors (Lipinski definition) is 1. The molecular formula is C16H33N. The van der Waals surface area contributed by atoms with Gasteiger partial charge in [0.25, 0.3) is 0 Å². The molecule has 1 aliphatic heterocycles. The summed E-state index contributed by atoms with van der Waals surface area (Å²) in [5.41, 5.74) is 0.999. The SMILES string of the molecule is CC(C)CCCN1CCC(C)(C(C)(C)C)CC1. The molecule has 17 heavy (non-hydrogen) atoms. The summed E-state index contributed by atoms with van der Waals surface area (Å²) in [6, 6.07) is 0. The second-order valence-corrected chi connectivity index (χ2v) is 7.69. The van der Waals surface area contributed by atoms with Crippen LogP contribution in [0.25, 0.3) is 0 Å². The minimum atomic E-state index is 0.455. The van der Waals surface area contributed by atoms with Crippen LogP contribution in [0, 0.1) is 16.7 Å². The first kappa shape index (κ1) is 15.0. The van der Waals surface area contributed by atoms with Crippen molar-refractivity contribution in [3.8, 4) is 0 Å². The van der Waals surface area contributed by atoms with E-state index in [4.69, 9.17) is 0 Å². The first-order valence-corrected chi connectivity index (χ1v) is 7.47. The van der Waals surface area contributed by atoms with Crippen molar-refractivity contribution in [2.24, 2.45) is 16.7 Å². The van der Waals surface area contributed by atoms with Crippen LogP contribution >= 0.6 is 0 Å². The third-order valence-corrected chi connectivity index (χ3v) is 5.03. The zero-order valence-corrected chi connectivity index (χ0v) is 13.0. The Hall–Kier alpha value is -0.0400.